The van der Waals surface area contributed by atoms with Crippen LogP contribution in [-0.2, 0) is 12.8 Å². The van der Waals surface area contributed by atoms with Gasteiger partial charge in [-0.05, 0) is 42.5 Å². The molecule has 0 aromatic heterocycles. The van der Waals surface area contributed by atoms with Crippen LogP contribution in [0, 0.1) is 0 Å². The summed E-state index contributed by atoms with van der Waals surface area (Å²) in [5, 5.41) is 9.41. The number of hydrogen-bond donors (Lipinski definition) is 1. The molecule has 0 saturated carbocycles. The third kappa shape index (κ3) is 1.54. The number of halogens is 1. The van der Waals surface area contributed by atoms with E-state index in [1.54, 1.807) is 0 Å². The number of aryl methyl sites for hydroxylation is 1. The van der Waals surface area contributed by atoms with Gasteiger partial charge in [0, 0.05) is 4.47 Å². The fraction of sp³-hybridized carbons (Fsp3) is 0.400. The molecule has 0 bridgehead atoms. The summed E-state index contributed by atoms with van der Waals surface area (Å²) >= 11 is 3.44. The second-order valence-corrected chi connectivity index (χ2v) is 4.23. The summed E-state index contributed by atoms with van der Waals surface area (Å²) in [4.78, 5) is 0. The van der Waals surface area contributed by atoms with Gasteiger partial charge in [0.2, 0.25) is 0 Å². The second-order valence-electron chi connectivity index (χ2n) is 3.31. The number of hydrogen-bond acceptors (Lipinski definition) is 1. The first-order valence-electron chi connectivity index (χ1n) is 4.21. The molecule has 0 heterocycles. The van der Waals surface area contributed by atoms with Crippen LogP contribution >= 0.6 is 15.9 Å². The van der Waals surface area contributed by atoms with Gasteiger partial charge in [0.15, 0.2) is 0 Å². The molecule has 1 N–H and O–H groups in total. The van der Waals surface area contributed by atoms with E-state index in [1.165, 1.54) is 11.1 Å². The van der Waals surface area contributed by atoms with Crippen LogP contribution in [0.1, 0.15) is 17.5 Å². The van der Waals surface area contributed by atoms with Crippen LogP contribution < -0.4 is 0 Å². The standard InChI is InChI=1S/C10H11BrO/c11-9-3-1-8-6-10(12)4-2-7(8)5-9/h1,3,5,10,12H,2,4,6H2. The zero-order chi connectivity index (χ0) is 8.55. The molecule has 0 amide bonds. The molecule has 1 unspecified atom stereocenters. The van der Waals surface area contributed by atoms with Gasteiger partial charge in [-0.1, -0.05) is 22.0 Å². The fourth-order valence-corrected chi connectivity index (χ4v) is 2.11. The summed E-state index contributed by atoms with van der Waals surface area (Å²) in [7, 11) is 0. The topological polar surface area (TPSA) is 20.2 Å². The van der Waals surface area contributed by atoms with E-state index in [1.807, 2.05) is 6.07 Å². The average Bonchev–Trinajstić information content (AvgIpc) is 2.05. The molecule has 0 aliphatic heterocycles. The van der Waals surface area contributed by atoms with E-state index >= 15 is 0 Å². The molecule has 2 rings (SSSR count). The van der Waals surface area contributed by atoms with Crippen LogP contribution in [0.2, 0.25) is 0 Å². The lowest BCUT2D eigenvalue weighted by molar-refractivity contribution is 0.158. The zero-order valence-corrected chi connectivity index (χ0v) is 8.34. The Kier molecular flexibility index (Phi) is 2.20. The second kappa shape index (κ2) is 3.19. The van der Waals surface area contributed by atoms with Crippen LogP contribution in [-0.4, -0.2) is 11.2 Å². The lowest BCUT2D eigenvalue weighted by atomic mass is 9.90. The SMILES string of the molecule is OC1CCc2cc(Br)ccc2C1. The van der Waals surface area contributed by atoms with Gasteiger partial charge < -0.3 is 5.11 Å². The van der Waals surface area contributed by atoms with Gasteiger partial charge >= 0.3 is 0 Å². The molecular formula is C10H11BrO. The van der Waals surface area contributed by atoms with E-state index in [0.717, 1.165) is 23.7 Å². The van der Waals surface area contributed by atoms with E-state index in [-0.39, 0.29) is 6.10 Å². The van der Waals surface area contributed by atoms with Crippen LogP contribution in [0.3, 0.4) is 0 Å². The molecule has 1 aromatic carbocycles. The first-order chi connectivity index (χ1) is 5.75. The maximum atomic E-state index is 9.41. The van der Waals surface area contributed by atoms with Crippen LogP contribution in [0.15, 0.2) is 22.7 Å². The Balaban J connectivity index is 2.37. The largest absolute Gasteiger partial charge is 0.393 e. The predicted octanol–water partition coefficient (Wildman–Crippen LogP) is 2.30. The monoisotopic (exact) mass is 226 g/mol. The van der Waals surface area contributed by atoms with Crippen LogP contribution in [0.5, 0.6) is 0 Å². The van der Waals surface area contributed by atoms with E-state index in [2.05, 4.69) is 28.1 Å². The van der Waals surface area contributed by atoms with Crippen molar-refractivity contribution in [2.24, 2.45) is 0 Å². The normalized spacial score (nSPS) is 22.0. The number of rotatable bonds is 0. The van der Waals surface area contributed by atoms with Gasteiger partial charge in [-0.3, -0.25) is 0 Å². The Bertz CT molecular complexity index is 296. The van der Waals surface area contributed by atoms with Gasteiger partial charge in [0.25, 0.3) is 0 Å². The quantitative estimate of drug-likeness (QED) is 0.720. The van der Waals surface area contributed by atoms with E-state index in [0.29, 0.717) is 0 Å². The molecule has 1 aromatic rings. The summed E-state index contributed by atoms with van der Waals surface area (Å²) < 4.78 is 1.14. The molecular weight excluding hydrogens is 216 g/mol. The van der Waals surface area contributed by atoms with Crippen LogP contribution in [0.25, 0.3) is 0 Å². The number of fused-ring (bicyclic) bond motifs is 1. The molecule has 1 aliphatic rings. The van der Waals surface area contributed by atoms with Crippen molar-refractivity contribution in [3.8, 4) is 0 Å². The molecule has 0 fully saturated rings. The van der Waals surface area contributed by atoms with E-state index < -0.39 is 0 Å². The van der Waals surface area contributed by atoms with E-state index in [4.69, 9.17) is 0 Å². The molecule has 1 aliphatic carbocycles. The molecule has 2 heteroatoms. The maximum absolute atomic E-state index is 9.41. The molecule has 0 saturated heterocycles. The predicted molar refractivity (Wildman–Crippen MR) is 52.2 cm³/mol. The third-order valence-electron chi connectivity index (χ3n) is 2.37. The minimum Gasteiger partial charge on any atom is -0.393 e. The Labute approximate surface area is 80.5 Å². The van der Waals surface area contributed by atoms with Crippen molar-refractivity contribution in [3.63, 3.8) is 0 Å². The van der Waals surface area contributed by atoms with Crippen molar-refractivity contribution in [3.05, 3.63) is 33.8 Å². The van der Waals surface area contributed by atoms with Gasteiger partial charge in [-0.2, -0.15) is 0 Å². The summed E-state index contributed by atoms with van der Waals surface area (Å²) in [5.74, 6) is 0. The third-order valence-corrected chi connectivity index (χ3v) is 2.86. The Morgan fingerprint density at radius 2 is 2.17 bits per heavy atom. The molecule has 12 heavy (non-hydrogen) atoms. The van der Waals surface area contributed by atoms with Crippen molar-refractivity contribution < 1.29 is 5.11 Å². The number of aliphatic hydroxyl groups is 1. The van der Waals surface area contributed by atoms with Crippen molar-refractivity contribution >= 4 is 15.9 Å². The van der Waals surface area contributed by atoms with Crippen molar-refractivity contribution in [2.45, 2.75) is 25.4 Å². The minimum atomic E-state index is -0.126. The van der Waals surface area contributed by atoms with Crippen molar-refractivity contribution in [2.75, 3.05) is 0 Å². The molecule has 1 nitrogen and oxygen atoms in total. The lowest BCUT2D eigenvalue weighted by Crippen LogP contribution is -2.18. The van der Waals surface area contributed by atoms with Gasteiger partial charge in [0.1, 0.15) is 0 Å². The summed E-state index contributed by atoms with van der Waals surface area (Å²) in [5.41, 5.74) is 2.69. The molecule has 0 spiro atoms. The first-order valence-corrected chi connectivity index (χ1v) is 5.00. The Hall–Kier alpha value is -0.340. The minimum absolute atomic E-state index is 0.126. The van der Waals surface area contributed by atoms with Crippen molar-refractivity contribution in [1.29, 1.82) is 0 Å². The number of aliphatic hydroxyl groups excluding tert-OH is 1. The lowest BCUT2D eigenvalue weighted by Gasteiger charge is -2.20. The van der Waals surface area contributed by atoms with E-state index in [9.17, 15) is 5.11 Å². The van der Waals surface area contributed by atoms with Gasteiger partial charge in [-0.15, -0.1) is 0 Å². The smallest absolute Gasteiger partial charge is 0.0583 e. The number of benzene rings is 1. The maximum Gasteiger partial charge on any atom is 0.0583 e. The highest BCUT2D eigenvalue weighted by atomic mass is 79.9. The molecule has 64 valence electrons. The average molecular weight is 227 g/mol. The first kappa shape index (κ1) is 8.27. The summed E-state index contributed by atoms with van der Waals surface area (Å²) in [6, 6.07) is 6.29. The highest BCUT2D eigenvalue weighted by Gasteiger charge is 2.15. The molecule has 1 atom stereocenters. The zero-order valence-electron chi connectivity index (χ0n) is 6.76. The Morgan fingerprint density at radius 1 is 1.33 bits per heavy atom. The van der Waals surface area contributed by atoms with Gasteiger partial charge in [-0.25, -0.2) is 0 Å². The highest BCUT2D eigenvalue weighted by molar-refractivity contribution is 9.10. The Morgan fingerprint density at radius 3 is 3.00 bits per heavy atom. The van der Waals surface area contributed by atoms with Crippen molar-refractivity contribution in [1.82, 2.24) is 0 Å². The van der Waals surface area contributed by atoms with Gasteiger partial charge in [0.05, 0.1) is 6.10 Å². The summed E-state index contributed by atoms with van der Waals surface area (Å²) in [6.07, 6.45) is 2.61. The summed E-state index contributed by atoms with van der Waals surface area (Å²) in [6.45, 7) is 0. The fourth-order valence-electron chi connectivity index (χ4n) is 1.70. The molecule has 0 radical (unpaired) electrons. The highest BCUT2D eigenvalue weighted by Crippen LogP contribution is 2.24. The van der Waals surface area contributed by atoms with Crippen LogP contribution in [0.4, 0.5) is 0 Å².